The van der Waals surface area contributed by atoms with Gasteiger partial charge in [0.1, 0.15) is 0 Å². The Hall–Kier alpha value is -0.850. The second-order valence-electron chi connectivity index (χ2n) is 3.90. The van der Waals surface area contributed by atoms with E-state index in [2.05, 4.69) is 0 Å². The van der Waals surface area contributed by atoms with Crippen LogP contribution < -0.4 is 0 Å². The summed E-state index contributed by atoms with van der Waals surface area (Å²) in [7, 11) is 0. The Morgan fingerprint density at radius 1 is 1.45 bits per heavy atom. The Balaban J connectivity index is 2.71. The van der Waals surface area contributed by atoms with Crippen LogP contribution >= 0.6 is 0 Å². The topological polar surface area (TPSA) is 17.1 Å². The smallest absolute Gasteiger partial charge is 0.164 e. The number of hydrogen-bond donors (Lipinski definition) is 0. The number of ketones is 1. The van der Waals surface area contributed by atoms with Crippen LogP contribution in [-0.4, -0.2) is 5.78 Å². The normalized spacial score (nSPS) is 16.8. The van der Waals surface area contributed by atoms with Crippen molar-refractivity contribution in [1.82, 2.24) is 0 Å². The Kier molecular flexibility index (Phi) is 1.99. The third-order valence-electron chi connectivity index (χ3n) is 1.74. The summed E-state index contributed by atoms with van der Waals surface area (Å²) in [6, 6.07) is 0. The molecule has 0 heterocycles. The van der Waals surface area contributed by atoms with Crippen LogP contribution in [0.15, 0.2) is 23.8 Å². The van der Waals surface area contributed by atoms with Crippen molar-refractivity contribution in [2.24, 2.45) is 5.41 Å². The highest BCUT2D eigenvalue weighted by Crippen LogP contribution is 2.24. The minimum atomic E-state index is -0.224. The van der Waals surface area contributed by atoms with Crippen molar-refractivity contribution in [1.29, 1.82) is 0 Å². The third kappa shape index (κ3) is 1.79. The van der Waals surface area contributed by atoms with E-state index in [1.807, 2.05) is 39.0 Å². The van der Waals surface area contributed by atoms with E-state index in [1.54, 1.807) is 0 Å². The minimum absolute atomic E-state index is 0.224. The summed E-state index contributed by atoms with van der Waals surface area (Å²) in [6.45, 7) is 5.86. The molecule has 0 spiro atoms. The van der Waals surface area contributed by atoms with E-state index in [1.165, 1.54) is 0 Å². The second kappa shape index (κ2) is 2.65. The molecule has 0 aromatic heterocycles. The maximum absolute atomic E-state index is 11.6. The van der Waals surface area contributed by atoms with E-state index < -0.39 is 0 Å². The lowest BCUT2D eigenvalue weighted by Crippen LogP contribution is -2.21. The first-order valence-electron chi connectivity index (χ1n) is 3.92. The SMILES string of the molecule is CC(C)(C)C(=O)C1=CC=CC1. The summed E-state index contributed by atoms with van der Waals surface area (Å²) >= 11 is 0. The first-order valence-corrected chi connectivity index (χ1v) is 3.92. The zero-order valence-electron chi connectivity index (χ0n) is 7.35. The fourth-order valence-corrected chi connectivity index (χ4v) is 1.10. The fraction of sp³-hybridized carbons (Fsp3) is 0.500. The maximum Gasteiger partial charge on any atom is 0.164 e. The van der Waals surface area contributed by atoms with Crippen molar-refractivity contribution in [2.75, 3.05) is 0 Å². The van der Waals surface area contributed by atoms with Crippen LogP contribution in [0.2, 0.25) is 0 Å². The van der Waals surface area contributed by atoms with Gasteiger partial charge in [0.15, 0.2) is 5.78 Å². The van der Waals surface area contributed by atoms with Crippen LogP contribution in [0, 0.1) is 5.41 Å². The lowest BCUT2D eigenvalue weighted by Gasteiger charge is -2.16. The van der Waals surface area contributed by atoms with Crippen LogP contribution in [0.1, 0.15) is 27.2 Å². The lowest BCUT2D eigenvalue weighted by atomic mass is 9.86. The summed E-state index contributed by atoms with van der Waals surface area (Å²) in [5.41, 5.74) is 0.718. The summed E-state index contributed by atoms with van der Waals surface area (Å²) in [5.74, 6) is 0.266. The Morgan fingerprint density at radius 3 is 2.45 bits per heavy atom. The van der Waals surface area contributed by atoms with Crippen molar-refractivity contribution in [3.8, 4) is 0 Å². The minimum Gasteiger partial charge on any atom is -0.294 e. The van der Waals surface area contributed by atoms with Gasteiger partial charge in [-0.05, 0) is 12.0 Å². The summed E-state index contributed by atoms with van der Waals surface area (Å²) in [6.07, 6.45) is 6.68. The zero-order valence-corrected chi connectivity index (χ0v) is 7.35. The highest BCUT2D eigenvalue weighted by Gasteiger charge is 2.24. The van der Waals surface area contributed by atoms with Crippen LogP contribution in [0.5, 0.6) is 0 Å². The molecule has 1 aliphatic carbocycles. The molecule has 0 unspecified atom stereocenters. The third-order valence-corrected chi connectivity index (χ3v) is 1.74. The van der Waals surface area contributed by atoms with Gasteiger partial charge < -0.3 is 0 Å². The molecule has 11 heavy (non-hydrogen) atoms. The molecule has 0 saturated carbocycles. The molecule has 0 fully saturated rings. The Labute approximate surface area is 67.8 Å². The van der Waals surface area contributed by atoms with Crippen molar-refractivity contribution in [3.63, 3.8) is 0 Å². The molecule has 1 rings (SSSR count). The number of allylic oxidation sites excluding steroid dienone is 4. The van der Waals surface area contributed by atoms with E-state index in [0.717, 1.165) is 12.0 Å². The average molecular weight is 150 g/mol. The molecule has 0 atom stereocenters. The van der Waals surface area contributed by atoms with Gasteiger partial charge in [-0.3, -0.25) is 4.79 Å². The molecule has 0 amide bonds. The molecule has 0 bridgehead atoms. The first kappa shape index (κ1) is 8.25. The maximum atomic E-state index is 11.6. The van der Waals surface area contributed by atoms with Crippen molar-refractivity contribution >= 4 is 5.78 Å². The average Bonchev–Trinajstić information content (AvgIpc) is 2.34. The molecule has 0 saturated heterocycles. The van der Waals surface area contributed by atoms with Gasteiger partial charge in [0.25, 0.3) is 0 Å². The molecule has 0 N–H and O–H groups in total. The monoisotopic (exact) mass is 150 g/mol. The molecule has 1 heteroatoms. The van der Waals surface area contributed by atoms with Gasteiger partial charge >= 0.3 is 0 Å². The number of carbonyl (C=O) groups excluding carboxylic acids is 1. The van der Waals surface area contributed by atoms with Crippen LogP contribution in [-0.2, 0) is 4.79 Å². The predicted molar refractivity (Wildman–Crippen MR) is 46.3 cm³/mol. The van der Waals surface area contributed by atoms with Crippen LogP contribution in [0.4, 0.5) is 0 Å². The molecule has 1 nitrogen and oxygen atoms in total. The highest BCUT2D eigenvalue weighted by molar-refractivity contribution is 6.00. The Bertz CT molecular complexity index is 226. The Morgan fingerprint density at radius 2 is 2.09 bits per heavy atom. The number of rotatable bonds is 1. The van der Waals surface area contributed by atoms with Crippen LogP contribution in [0.3, 0.4) is 0 Å². The van der Waals surface area contributed by atoms with Crippen molar-refractivity contribution in [2.45, 2.75) is 27.2 Å². The molecule has 0 aromatic carbocycles. The van der Waals surface area contributed by atoms with E-state index in [-0.39, 0.29) is 11.2 Å². The summed E-state index contributed by atoms with van der Waals surface area (Å²) in [5, 5.41) is 0. The fourth-order valence-electron chi connectivity index (χ4n) is 1.10. The summed E-state index contributed by atoms with van der Waals surface area (Å²) in [4.78, 5) is 11.6. The largest absolute Gasteiger partial charge is 0.294 e. The zero-order chi connectivity index (χ0) is 8.48. The number of Topliss-reactive ketones (excluding diaryl/α,β-unsaturated/α-hetero) is 1. The molecule has 0 radical (unpaired) electrons. The van der Waals surface area contributed by atoms with E-state index in [9.17, 15) is 4.79 Å². The molecule has 1 aliphatic rings. The predicted octanol–water partition coefficient (Wildman–Crippen LogP) is 2.49. The van der Waals surface area contributed by atoms with Gasteiger partial charge in [-0.2, -0.15) is 0 Å². The van der Waals surface area contributed by atoms with Gasteiger partial charge in [0, 0.05) is 5.41 Å². The number of hydrogen-bond acceptors (Lipinski definition) is 1. The molecular weight excluding hydrogens is 136 g/mol. The van der Waals surface area contributed by atoms with Crippen LogP contribution in [0.25, 0.3) is 0 Å². The van der Waals surface area contributed by atoms with Gasteiger partial charge in [-0.25, -0.2) is 0 Å². The molecular formula is C10H14O. The quantitative estimate of drug-likeness (QED) is 0.561. The van der Waals surface area contributed by atoms with Gasteiger partial charge in [-0.15, -0.1) is 0 Å². The summed E-state index contributed by atoms with van der Waals surface area (Å²) < 4.78 is 0. The van der Waals surface area contributed by atoms with Gasteiger partial charge in [-0.1, -0.05) is 39.0 Å². The standard InChI is InChI=1S/C10H14O/c1-10(2,3)9(11)8-6-4-5-7-8/h4-6H,7H2,1-3H3. The second-order valence-corrected chi connectivity index (χ2v) is 3.90. The van der Waals surface area contributed by atoms with Gasteiger partial charge in [0.2, 0.25) is 0 Å². The highest BCUT2D eigenvalue weighted by atomic mass is 16.1. The van der Waals surface area contributed by atoms with Crippen molar-refractivity contribution < 1.29 is 4.79 Å². The number of carbonyl (C=O) groups is 1. The van der Waals surface area contributed by atoms with Gasteiger partial charge in [0.05, 0.1) is 0 Å². The van der Waals surface area contributed by atoms with Crippen molar-refractivity contribution in [3.05, 3.63) is 23.8 Å². The molecule has 60 valence electrons. The van der Waals surface area contributed by atoms with E-state index in [0.29, 0.717) is 0 Å². The first-order chi connectivity index (χ1) is 5.02. The molecule has 0 aliphatic heterocycles. The van der Waals surface area contributed by atoms with E-state index >= 15 is 0 Å². The molecule has 0 aromatic rings. The lowest BCUT2D eigenvalue weighted by molar-refractivity contribution is -0.122. The van der Waals surface area contributed by atoms with E-state index in [4.69, 9.17) is 0 Å².